The summed E-state index contributed by atoms with van der Waals surface area (Å²) < 4.78 is 6.37. The Morgan fingerprint density at radius 2 is 2.33 bits per heavy atom. The number of halogens is 1. The van der Waals surface area contributed by atoms with Crippen molar-refractivity contribution in [1.29, 1.82) is 0 Å². The van der Waals surface area contributed by atoms with Crippen molar-refractivity contribution in [2.75, 3.05) is 25.1 Å². The molecular weight excluding hydrogens is 294 g/mol. The van der Waals surface area contributed by atoms with E-state index in [2.05, 4.69) is 31.2 Å². The van der Waals surface area contributed by atoms with Crippen molar-refractivity contribution in [3.05, 3.63) is 29.0 Å². The lowest BCUT2D eigenvalue weighted by Crippen LogP contribution is -2.15. The second-order valence-corrected chi connectivity index (χ2v) is 5.32. The number of aromatic nitrogens is 2. The molecule has 0 bridgehead atoms. The molecule has 18 heavy (non-hydrogen) atoms. The molecule has 0 aliphatic carbocycles. The summed E-state index contributed by atoms with van der Waals surface area (Å²) in [6.45, 7) is 2.63. The van der Waals surface area contributed by atoms with Crippen molar-refractivity contribution >= 4 is 32.7 Å². The predicted octanol–water partition coefficient (Wildman–Crippen LogP) is 2.84. The summed E-state index contributed by atoms with van der Waals surface area (Å²) in [5, 5.41) is 4.45. The number of hydrogen-bond acceptors (Lipinski definition) is 4. The van der Waals surface area contributed by atoms with Crippen LogP contribution in [0.3, 0.4) is 0 Å². The van der Waals surface area contributed by atoms with Gasteiger partial charge >= 0.3 is 0 Å². The maximum absolute atomic E-state index is 5.37. The predicted molar refractivity (Wildman–Crippen MR) is 74.7 cm³/mol. The van der Waals surface area contributed by atoms with E-state index in [4.69, 9.17) is 4.74 Å². The molecule has 1 fully saturated rings. The summed E-state index contributed by atoms with van der Waals surface area (Å²) in [5.41, 5.74) is 0.942. The molecule has 3 rings (SSSR count). The van der Waals surface area contributed by atoms with Crippen molar-refractivity contribution in [1.82, 2.24) is 9.97 Å². The zero-order valence-electron chi connectivity index (χ0n) is 9.90. The maximum Gasteiger partial charge on any atom is 0.137 e. The molecule has 0 spiro atoms. The van der Waals surface area contributed by atoms with Gasteiger partial charge in [-0.1, -0.05) is 6.07 Å². The SMILES string of the molecule is Brc1cccc2c(NC[C@@H]3CCOC3)ncnc12. The van der Waals surface area contributed by atoms with Crippen molar-refractivity contribution in [2.24, 2.45) is 5.92 Å². The second kappa shape index (κ2) is 5.20. The van der Waals surface area contributed by atoms with Gasteiger partial charge in [0.25, 0.3) is 0 Å². The van der Waals surface area contributed by atoms with Crippen LogP contribution >= 0.6 is 15.9 Å². The normalized spacial score (nSPS) is 19.3. The van der Waals surface area contributed by atoms with Gasteiger partial charge < -0.3 is 10.1 Å². The summed E-state index contributed by atoms with van der Waals surface area (Å²) in [6.07, 6.45) is 2.72. The standard InChI is InChI=1S/C13H14BrN3O/c14-11-3-1-2-10-12(11)16-8-17-13(10)15-6-9-4-5-18-7-9/h1-3,8-9H,4-7H2,(H,15,16,17)/t9-/m0/s1. The average Bonchev–Trinajstić information content (AvgIpc) is 2.90. The molecule has 1 aliphatic heterocycles. The van der Waals surface area contributed by atoms with E-state index in [1.807, 2.05) is 18.2 Å². The van der Waals surface area contributed by atoms with E-state index < -0.39 is 0 Å². The van der Waals surface area contributed by atoms with E-state index in [-0.39, 0.29) is 0 Å². The number of para-hydroxylation sites is 1. The van der Waals surface area contributed by atoms with E-state index in [1.165, 1.54) is 0 Å². The number of ether oxygens (including phenoxy) is 1. The van der Waals surface area contributed by atoms with Crippen molar-refractivity contribution in [3.63, 3.8) is 0 Å². The average molecular weight is 308 g/mol. The zero-order chi connectivity index (χ0) is 12.4. The van der Waals surface area contributed by atoms with Gasteiger partial charge in [-0.05, 0) is 34.5 Å². The summed E-state index contributed by atoms with van der Waals surface area (Å²) in [7, 11) is 0. The molecular formula is C13H14BrN3O. The molecule has 2 heterocycles. The highest BCUT2D eigenvalue weighted by Crippen LogP contribution is 2.26. The fraction of sp³-hybridized carbons (Fsp3) is 0.385. The van der Waals surface area contributed by atoms with E-state index in [1.54, 1.807) is 6.33 Å². The quantitative estimate of drug-likeness (QED) is 0.947. The van der Waals surface area contributed by atoms with Gasteiger partial charge in [0.1, 0.15) is 12.1 Å². The number of nitrogens with zero attached hydrogens (tertiary/aromatic N) is 2. The third-order valence-electron chi connectivity index (χ3n) is 3.20. The Morgan fingerprint density at radius 3 is 3.17 bits per heavy atom. The summed E-state index contributed by atoms with van der Waals surface area (Å²) in [6, 6.07) is 6.02. The Hall–Kier alpha value is -1.20. The highest BCUT2D eigenvalue weighted by atomic mass is 79.9. The van der Waals surface area contributed by atoms with Crippen molar-refractivity contribution in [2.45, 2.75) is 6.42 Å². The molecule has 0 unspecified atom stereocenters. The summed E-state index contributed by atoms with van der Waals surface area (Å²) >= 11 is 3.51. The minimum atomic E-state index is 0.585. The molecule has 1 aromatic heterocycles. The van der Waals surface area contributed by atoms with E-state index >= 15 is 0 Å². The number of benzene rings is 1. The monoisotopic (exact) mass is 307 g/mol. The third kappa shape index (κ3) is 2.33. The molecule has 94 valence electrons. The molecule has 1 N–H and O–H groups in total. The molecule has 0 amide bonds. The smallest absolute Gasteiger partial charge is 0.137 e. The fourth-order valence-electron chi connectivity index (χ4n) is 2.18. The van der Waals surface area contributed by atoms with Gasteiger partial charge in [0.05, 0.1) is 12.1 Å². The largest absolute Gasteiger partial charge is 0.381 e. The summed E-state index contributed by atoms with van der Waals surface area (Å²) in [5.74, 6) is 1.48. The molecule has 2 aromatic rings. The first-order valence-corrected chi connectivity index (χ1v) is 6.85. The van der Waals surface area contributed by atoms with Crippen LogP contribution < -0.4 is 5.32 Å². The first-order valence-electron chi connectivity index (χ1n) is 6.05. The molecule has 5 heteroatoms. The van der Waals surface area contributed by atoms with Crippen LogP contribution in [0.1, 0.15) is 6.42 Å². The Bertz CT molecular complexity index is 555. The molecule has 1 aliphatic rings. The lowest BCUT2D eigenvalue weighted by atomic mass is 10.1. The minimum Gasteiger partial charge on any atom is -0.381 e. The van der Waals surface area contributed by atoms with Gasteiger partial charge in [-0.3, -0.25) is 0 Å². The number of anilines is 1. The van der Waals surface area contributed by atoms with Crippen LogP contribution in [0.2, 0.25) is 0 Å². The molecule has 0 radical (unpaired) electrons. The number of rotatable bonds is 3. The van der Waals surface area contributed by atoms with Crippen molar-refractivity contribution in [3.8, 4) is 0 Å². The van der Waals surface area contributed by atoms with Crippen LogP contribution in [-0.4, -0.2) is 29.7 Å². The second-order valence-electron chi connectivity index (χ2n) is 4.47. The molecule has 4 nitrogen and oxygen atoms in total. The number of hydrogen-bond donors (Lipinski definition) is 1. The molecule has 0 saturated carbocycles. The Kier molecular flexibility index (Phi) is 3.43. The van der Waals surface area contributed by atoms with Gasteiger partial charge in [0.2, 0.25) is 0 Å². The summed E-state index contributed by atoms with van der Waals surface area (Å²) in [4.78, 5) is 8.62. The topological polar surface area (TPSA) is 47.0 Å². The van der Waals surface area contributed by atoms with Gasteiger partial charge in [0.15, 0.2) is 0 Å². The lowest BCUT2D eigenvalue weighted by molar-refractivity contribution is 0.187. The van der Waals surface area contributed by atoms with Gasteiger partial charge in [-0.15, -0.1) is 0 Å². The third-order valence-corrected chi connectivity index (χ3v) is 3.84. The minimum absolute atomic E-state index is 0.585. The lowest BCUT2D eigenvalue weighted by Gasteiger charge is -2.11. The molecule has 1 aromatic carbocycles. The van der Waals surface area contributed by atoms with Crippen LogP contribution in [0.15, 0.2) is 29.0 Å². The van der Waals surface area contributed by atoms with Gasteiger partial charge in [-0.25, -0.2) is 9.97 Å². The number of nitrogens with one attached hydrogen (secondary N) is 1. The fourth-order valence-corrected chi connectivity index (χ4v) is 2.65. The van der Waals surface area contributed by atoms with Crippen LogP contribution in [0.5, 0.6) is 0 Å². The van der Waals surface area contributed by atoms with E-state index in [0.717, 1.165) is 47.4 Å². The van der Waals surface area contributed by atoms with Gasteiger partial charge in [0, 0.05) is 28.9 Å². The Balaban J connectivity index is 1.85. The maximum atomic E-state index is 5.37. The van der Waals surface area contributed by atoms with Crippen molar-refractivity contribution < 1.29 is 4.74 Å². The molecule has 1 atom stereocenters. The first-order chi connectivity index (χ1) is 8.84. The first kappa shape index (κ1) is 11.9. The molecule has 1 saturated heterocycles. The Labute approximate surface area is 114 Å². The van der Waals surface area contributed by atoms with Crippen LogP contribution in [-0.2, 0) is 4.74 Å². The van der Waals surface area contributed by atoms with Gasteiger partial charge in [-0.2, -0.15) is 0 Å². The van der Waals surface area contributed by atoms with E-state index in [0.29, 0.717) is 5.92 Å². The van der Waals surface area contributed by atoms with E-state index in [9.17, 15) is 0 Å². The van der Waals surface area contributed by atoms with Crippen LogP contribution in [0, 0.1) is 5.92 Å². The van der Waals surface area contributed by atoms with Crippen LogP contribution in [0.4, 0.5) is 5.82 Å². The highest BCUT2D eigenvalue weighted by molar-refractivity contribution is 9.10. The zero-order valence-corrected chi connectivity index (χ0v) is 11.5. The highest BCUT2D eigenvalue weighted by Gasteiger charge is 2.16. The Morgan fingerprint density at radius 1 is 1.39 bits per heavy atom. The number of fused-ring (bicyclic) bond motifs is 1. The van der Waals surface area contributed by atoms with Crippen LogP contribution in [0.25, 0.3) is 10.9 Å².